The summed E-state index contributed by atoms with van der Waals surface area (Å²) in [5.41, 5.74) is 5.53. The minimum absolute atomic E-state index is 0.0283. The Kier molecular flexibility index (Phi) is 6.90. The van der Waals surface area contributed by atoms with Crippen LogP contribution in [0.1, 0.15) is 32.3 Å². The van der Waals surface area contributed by atoms with E-state index in [2.05, 4.69) is 25.3 Å². The highest BCUT2D eigenvalue weighted by Gasteiger charge is 2.48. The van der Waals surface area contributed by atoms with E-state index < -0.39 is 29.2 Å². The summed E-state index contributed by atoms with van der Waals surface area (Å²) in [5.74, 6) is -0.326. The number of carbonyl (C=O) groups is 1. The number of fused-ring (bicyclic) bond motifs is 4. The monoisotopic (exact) mass is 586 g/mol. The molecule has 0 saturated carbocycles. The molecular formula is C27H29F3N8O4. The quantitative estimate of drug-likeness (QED) is 0.454. The number of alkyl halides is 3. The van der Waals surface area contributed by atoms with Crippen molar-refractivity contribution in [2.24, 2.45) is 5.73 Å². The molecule has 5 heterocycles. The Bertz CT molecular complexity index is 1510. The van der Waals surface area contributed by atoms with E-state index in [1.807, 2.05) is 18.7 Å². The lowest BCUT2D eigenvalue weighted by Crippen LogP contribution is -2.70. The molecule has 2 fully saturated rings. The maximum Gasteiger partial charge on any atom is 0.416 e. The summed E-state index contributed by atoms with van der Waals surface area (Å²) in [5, 5.41) is 2.74. The Morgan fingerprint density at radius 2 is 2.07 bits per heavy atom. The van der Waals surface area contributed by atoms with E-state index in [9.17, 15) is 18.0 Å². The highest BCUT2D eigenvalue weighted by Crippen LogP contribution is 2.42. The maximum absolute atomic E-state index is 13.8. The van der Waals surface area contributed by atoms with Crippen molar-refractivity contribution < 1.29 is 32.2 Å². The number of nitrogens with zero attached hydrogens (tertiary/aromatic N) is 6. The summed E-state index contributed by atoms with van der Waals surface area (Å²) in [4.78, 5) is 34.4. The third-order valence-corrected chi connectivity index (χ3v) is 7.24. The fourth-order valence-electron chi connectivity index (χ4n) is 5.35. The van der Waals surface area contributed by atoms with Gasteiger partial charge in [-0.25, -0.2) is 19.7 Å². The fourth-order valence-corrected chi connectivity index (χ4v) is 5.35. The predicted molar refractivity (Wildman–Crippen MR) is 145 cm³/mol. The molecule has 222 valence electrons. The van der Waals surface area contributed by atoms with Gasteiger partial charge in [-0.2, -0.15) is 18.2 Å². The van der Waals surface area contributed by atoms with Crippen LogP contribution in [-0.2, 0) is 15.7 Å². The number of hydrogen-bond donors (Lipinski definition) is 2. The van der Waals surface area contributed by atoms with Crippen molar-refractivity contribution in [3.8, 4) is 17.4 Å². The molecule has 3 aromatic rings. The Balaban J connectivity index is 1.27. The van der Waals surface area contributed by atoms with Crippen LogP contribution in [-0.4, -0.2) is 69.8 Å². The van der Waals surface area contributed by atoms with Gasteiger partial charge in [0.1, 0.15) is 24.2 Å². The molecule has 0 unspecified atom stereocenters. The number of rotatable bonds is 5. The molecule has 6 rings (SSSR count). The first-order valence-electron chi connectivity index (χ1n) is 13.4. The van der Waals surface area contributed by atoms with Crippen LogP contribution in [0, 0.1) is 0 Å². The number of urea groups is 1. The minimum Gasteiger partial charge on any atom is -0.461 e. The van der Waals surface area contributed by atoms with Gasteiger partial charge in [0, 0.05) is 18.3 Å². The highest BCUT2D eigenvalue weighted by molar-refractivity contribution is 6.04. The molecule has 2 amide bonds. The van der Waals surface area contributed by atoms with Gasteiger partial charge in [-0.1, -0.05) is 12.1 Å². The van der Waals surface area contributed by atoms with Gasteiger partial charge in [-0.3, -0.25) is 10.2 Å². The van der Waals surface area contributed by atoms with Crippen molar-refractivity contribution in [1.29, 1.82) is 0 Å². The Morgan fingerprint density at radius 1 is 1.24 bits per heavy atom. The van der Waals surface area contributed by atoms with E-state index in [-0.39, 0.29) is 41.7 Å². The van der Waals surface area contributed by atoms with E-state index in [4.69, 9.17) is 19.9 Å². The topological polar surface area (TPSA) is 141 Å². The van der Waals surface area contributed by atoms with Crippen molar-refractivity contribution >= 4 is 23.4 Å². The summed E-state index contributed by atoms with van der Waals surface area (Å²) in [7, 11) is 0. The lowest BCUT2D eigenvalue weighted by atomic mass is 9.94. The number of carbonyl (C=O) groups excluding carboxylic acids is 1. The summed E-state index contributed by atoms with van der Waals surface area (Å²) < 4.78 is 57.0. The molecule has 12 nitrogen and oxygen atoms in total. The van der Waals surface area contributed by atoms with Crippen molar-refractivity contribution in [3.63, 3.8) is 0 Å². The predicted octanol–water partition coefficient (Wildman–Crippen LogP) is 3.79. The number of halogens is 3. The molecule has 2 bridgehead atoms. The number of piperidine rings is 1. The zero-order chi connectivity index (χ0) is 29.7. The summed E-state index contributed by atoms with van der Waals surface area (Å²) in [6, 6.07) is 5.62. The molecule has 42 heavy (non-hydrogen) atoms. The first kappa shape index (κ1) is 28.1. The van der Waals surface area contributed by atoms with E-state index in [0.29, 0.717) is 38.2 Å². The number of benzene rings is 1. The average Bonchev–Trinajstić information content (AvgIpc) is 3.29. The van der Waals surface area contributed by atoms with Crippen molar-refractivity contribution in [2.75, 3.05) is 41.4 Å². The Labute approximate surface area is 239 Å². The second-order valence-corrected chi connectivity index (χ2v) is 10.9. The van der Waals surface area contributed by atoms with Gasteiger partial charge in [0.2, 0.25) is 0 Å². The third-order valence-electron chi connectivity index (χ3n) is 7.24. The van der Waals surface area contributed by atoms with E-state index >= 15 is 0 Å². The number of nitrogens with two attached hydrogens (primary N) is 1. The molecule has 2 atom stereocenters. The maximum atomic E-state index is 13.8. The van der Waals surface area contributed by atoms with Crippen molar-refractivity contribution in [3.05, 3.63) is 48.3 Å². The molecule has 1 aromatic carbocycles. The molecule has 3 aliphatic rings. The zero-order valence-corrected chi connectivity index (χ0v) is 22.9. The summed E-state index contributed by atoms with van der Waals surface area (Å²) in [6.45, 7) is 5.13. The normalized spacial score (nSPS) is 23.0. The van der Waals surface area contributed by atoms with Crippen LogP contribution in [0.15, 0.2) is 42.7 Å². The number of anilines is 3. The van der Waals surface area contributed by atoms with Crippen LogP contribution in [0.2, 0.25) is 0 Å². The summed E-state index contributed by atoms with van der Waals surface area (Å²) in [6.07, 6.45) is -0.692. The van der Waals surface area contributed by atoms with Crippen LogP contribution in [0.5, 0.6) is 6.01 Å². The number of amides is 2. The lowest BCUT2D eigenvalue weighted by Gasteiger charge is -2.51. The first-order chi connectivity index (χ1) is 19.9. The van der Waals surface area contributed by atoms with Crippen LogP contribution < -0.4 is 25.6 Å². The van der Waals surface area contributed by atoms with Gasteiger partial charge >= 0.3 is 18.2 Å². The van der Waals surface area contributed by atoms with E-state index in [0.717, 1.165) is 12.1 Å². The average molecular weight is 587 g/mol. The molecule has 0 aliphatic carbocycles. The zero-order valence-electron chi connectivity index (χ0n) is 22.9. The van der Waals surface area contributed by atoms with Crippen LogP contribution in [0.3, 0.4) is 0 Å². The van der Waals surface area contributed by atoms with Gasteiger partial charge in [-0.15, -0.1) is 0 Å². The highest BCUT2D eigenvalue weighted by atomic mass is 19.4. The largest absolute Gasteiger partial charge is 0.461 e. The number of nitrogens with one attached hydrogen (secondary N) is 1. The number of ether oxygens (including phenoxy) is 3. The third kappa shape index (κ3) is 5.54. The van der Waals surface area contributed by atoms with Crippen molar-refractivity contribution in [1.82, 2.24) is 19.9 Å². The molecule has 2 saturated heterocycles. The van der Waals surface area contributed by atoms with Crippen LogP contribution >= 0.6 is 0 Å². The number of aromatic nitrogens is 4. The number of hydrogen-bond acceptors (Lipinski definition) is 10. The van der Waals surface area contributed by atoms with Crippen LogP contribution in [0.4, 0.5) is 35.3 Å². The minimum atomic E-state index is -4.53. The smallest absolute Gasteiger partial charge is 0.416 e. The second-order valence-electron chi connectivity index (χ2n) is 10.9. The first-order valence-corrected chi connectivity index (χ1v) is 13.4. The van der Waals surface area contributed by atoms with Gasteiger partial charge < -0.3 is 24.8 Å². The van der Waals surface area contributed by atoms with E-state index in [1.165, 1.54) is 35.5 Å². The summed E-state index contributed by atoms with van der Waals surface area (Å²) >= 11 is 0. The molecule has 0 spiro atoms. The van der Waals surface area contributed by atoms with Gasteiger partial charge in [-0.05, 0) is 44.9 Å². The Morgan fingerprint density at radius 3 is 2.83 bits per heavy atom. The van der Waals surface area contributed by atoms with Gasteiger partial charge in [0.15, 0.2) is 17.4 Å². The molecular weight excluding hydrogens is 557 g/mol. The standard InChI is InChI=1S/C27H29F3N8O4/c1-25(2)41-14-18(42-25)13-40-23-32-9-7-20(34-23)35-24(39)38-22-19(37-10-4-8-26(38,31)15-37)12-33-21(36-22)16-5-3-6-17(11-16)27(28,29)30/h3,5-7,9,11-12,18H,4,8,10,13-15,31H2,1-2H3,(H,32,34,35,39)/t18-,26+/m1/s1. The molecule has 3 N–H and O–H groups in total. The van der Waals surface area contributed by atoms with E-state index in [1.54, 1.807) is 0 Å². The van der Waals surface area contributed by atoms with Gasteiger partial charge in [0.25, 0.3) is 0 Å². The fraction of sp³-hybridized carbons (Fsp3) is 0.444. The molecule has 0 radical (unpaired) electrons. The van der Waals surface area contributed by atoms with Crippen LogP contribution in [0.25, 0.3) is 11.4 Å². The molecule has 15 heteroatoms. The lowest BCUT2D eigenvalue weighted by molar-refractivity contribution is -0.141. The second kappa shape index (κ2) is 10.3. The van der Waals surface area contributed by atoms with Crippen molar-refractivity contribution in [2.45, 2.75) is 50.4 Å². The SMILES string of the molecule is CC1(C)OC[C@@H](COc2nccc(NC(=O)N3c4nc(-c5cccc(C(F)(F)F)c5)ncc4N4CCC[C@@]3(N)C4)n2)O1. The Hall–Kier alpha value is -4.08. The molecule has 2 aromatic heterocycles. The molecule has 3 aliphatic heterocycles. The van der Waals surface area contributed by atoms with Gasteiger partial charge in [0.05, 0.1) is 30.6 Å².